The van der Waals surface area contributed by atoms with E-state index >= 15 is 0 Å². The van der Waals surface area contributed by atoms with E-state index in [9.17, 15) is 0 Å². The third-order valence-electron chi connectivity index (χ3n) is 12.4. The Morgan fingerprint density at radius 3 is 1.51 bits per heavy atom. The summed E-state index contributed by atoms with van der Waals surface area (Å²) in [5.74, 6) is 0. The van der Waals surface area contributed by atoms with Gasteiger partial charge in [0, 0.05) is 44.3 Å². The van der Waals surface area contributed by atoms with Gasteiger partial charge in [-0.05, 0) is 123 Å². The van der Waals surface area contributed by atoms with Crippen molar-refractivity contribution in [1.29, 1.82) is 0 Å². The third-order valence-corrected chi connectivity index (χ3v) is 12.4. The first kappa shape index (κ1) is 36.5. The standard InChI is InChI=1S/C60H40N2O/c1-2-14-41(15-3-1)42-30-34-48(35-31-42)61(50-20-12-19-47(40-50)52-25-13-29-59-60(52)55-24-6-9-28-58(55)63-59)49-36-32-43(33-37-49)44-16-10-17-45(38-44)46-18-11-21-51(39-46)62-56-26-7-4-22-53(56)54-23-5-8-27-57(54)62/h1-40H. The molecule has 0 aliphatic rings. The molecule has 0 bridgehead atoms. The number of para-hydroxylation sites is 3. The van der Waals surface area contributed by atoms with E-state index in [1.54, 1.807) is 0 Å². The highest BCUT2D eigenvalue weighted by Gasteiger charge is 2.18. The van der Waals surface area contributed by atoms with E-state index in [0.717, 1.165) is 61.4 Å². The molecule has 12 aromatic rings. The first-order valence-corrected chi connectivity index (χ1v) is 21.5. The first-order chi connectivity index (χ1) is 31.2. The zero-order chi connectivity index (χ0) is 41.7. The molecular weight excluding hydrogens is 765 g/mol. The van der Waals surface area contributed by atoms with Crippen molar-refractivity contribution >= 4 is 60.8 Å². The Kier molecular flexibility index (Phi) is 8.83. The Balaban J connectivity index is 0.917. The van der Waals surface area contributed by atoms with Crippen molar-refractivity contribution in [2.75, 3.05) is 4.90 Å². The lowest BCUT2D eigenvalue weighted by Crippen LogP contribution is -2.10. The Morgan fingerprint density at radius 2 is 0.794 bits per heavy atom. The lowest BCUT2D eigenvalue weighted by atomic mass is 9.98. The molecule has 0 saturated carbocycles. The molecule has 0 N–H and O–H groups in total. The SMILES string of the molecule is c1ccc(-c2ccc(N(c3ccc(-c4cccc(-c5cccc(-n6c7ccccc7c7ccccc76)c5)c4)cc3)c3cccc(-c4cccc5oc6ccccc6c45)c3)cc2)cc1. The van der Waals surface area contributed by atoms with Gasteiger partial charge in [0.2, 0.25) is 0 Å². The van der Waals surface area contributed by atoms with Crippen molar-refractivity contribution in [3.63, 3.8) is 0 Å². The highest BCUT2D eigenvalue weighted by Crippen LogP contribution is 2.42. The van der Waals surface area contributed by atoms with E-state index in [1.165, 1.54) is 49.6 Å². The minimum atomic E-state index is 0.892. The van der Waals surface area contributed by atoms with Gasteiger partial charge in [0.05, 0.1) is 11.0 Å². The molecule has 63 heavy (non-hydrogen) atoms. The maximum atomic E-state index is 6.30. The molecule has 0 amide bonds. The van der Waals surface area contributed by atoms with Gasteiger partial charge in [-0.25, -0.2) is 0 Å². The van der Waals surface area contributed by atoms with Crippen LogP contribution in [0.1, 0.15) is 0 Å². The highest BCUT2D eigenvalue weighted by atomic mass is 16.3. The minimum absolute atomic E-state index is 0.892. The molecule has 296 valence electrons. The first-order valence-electron chi connectivity index (χ1n) is 21.5. The number of benzene rings is 10. The van der Waals surface area contributed by atoms with Crippen molar-refractivity contribution in [2.24, 2.45) is 0 Å². The van der Waals surface area contributed by atoms with Gasteiger partial charge in [-0.2, -0.15) is 0 Å². The van der Waals surface area contributed by atoms with Crippen LogP contribution < -0.4 is 4.90 Å². The van der Waals surface area contributed by atoms with Crippen LogP contribution in [0.5, 0.6) is 0 Å². The van der Waals surface area contributed by atoms with E-state index in [4.69, 9.17) is 4.42 Å². The number of fused-ring (bicyclic) bond motifs is 6. The fourth-order valence-corrected chi connectivity index (χ4v) is 9.42. The van der Waals surface area contributed by atoms with Crippen LogP contribution in [-0.2, 0) is 0 Å². The van der Waals surface area contributed by atoms with Crippen LogP contribution in [-0.4, -0.2) is 4.57 Å². The molecule has 0 spiro atoms. The molecule has 2 heterocycles. The summed E-state index contributed by atoms with van der Waals surface area (Å²) in [5.41, 5.74) is 17.9. The van der Waals surface area contributed by atoms with Gasteiger partial charge in [0.15, 0.2) is 0 Å². The predicted molar refractivity (Wildman–Crippen MR) is 264 cm³/mol. The fraction of sp³-hybridized carbons (Fsp3) is 0. The summed E-state index contributed by atoms with van der Waals surface area (Å²) < 4.78 is 8.68. The molecule has 0 saturated heterocycles. The topological polar surface area (TPSA) is 21.3 Å². The van der Waals surface area contributed by atoms with Crippen LogP contribution >= 0.6 is 0 Å². The molecule has 0 aliphatic carbocycles. The smallest absolute Gasteiger partial charge is 0.136 e. The maximum absolute atomic E-state index is 6.30. The van der Waals surface area contributed by atoms with E-state index in [-0.39, 0.29) is 0 Å². The number of anilines is 3. The van der Waals surface area contributed by atoms with Gasteiger partial charge < -0.3 is 13.9 Å². The molecular formula is C60H40N2O. The predicted octanol–water partition coefficient (Wildman–Crippen LogP) is 16.8. The average molecular weight is 805 g/mol. The molecule has 0 radical (unpaired) electrons. The summed E-state index contributed by atoms with van der Waals surface area (Å²) in [5, 5.41) is 4.78. The number of hydrogen-bond donors (Lipinski definition) is 0. The second-order valence-corrected chi connectivity index (χ2v) is 16.1. The second-order valence-electron chi connectivity index (χ2n) is 16.1. The lowest BCUT2D eigenvalue weighted by molar-refractivity contribution is 0.669. The van der Waals surface area contributed by atoms with Gasteiger partial charge in [-0.15, -0.1) is 0 Å². The molecule has 12 rings (SSSR count). The van der Waals surface area contributed by atoms with E-state index in [0.29, 0.717) is 0 Å². The molecule has 2 aromatic heterocycles. The molecule has 0 fully saturated rings. The molecule has 10 aromatic carbocycles. The summed E-state index contributed by atoms with van der Waals surface area (Å²) in [6, 6.07) is 87.1. The third kappa shape index (κ3) is 6.46. The van der Waals surface area contributed by atoms with Crippen LogP contribution in [0.3, 0.4) is 0 Å². The Morgan fingerprint density at radius 1 is 0.302 bits per heavy atom. The highest BCUT2D eigenvalue weighted by molar-refractivity contribution is 6.13. The Hall–Kier alpha value is -8.40. The summed E-state index contributed by atoms with van der Waals surface area (Å²) in [4.78, 5) is 2.35. The lowest BCUT2D eigenvalue weighted by Gasteiger charge is -2.26. The summed E-state index contributed by atoms with van der Waals surface area (Å²) >= 11 is 0. The Labute approximate surface area is 366 Å². The van der Waals surface area contributed by atoms with Gasteiger partial charge >= 0.3 is 0 Å². The summed E-state index contributed by atoms with van der Waals surface area (Å²) in [6.07, 6.45) is 0. The van der Waals surface area contributed by atoms with Crippen LogP contribution in [0.4, 0.5) is 17.1 Å². The molecule has 0 unspecified atom stereocenters. The van der Waals surface area contributed by atoms with Crippen LogP contribution in [0, 0.1) is 0 Å². The van der Waals surface area contributed by atoms with E-state index < -0.39 is 0 Å². The normalized spacial score (nSPS) is 11.5. The van der Waals surface area contributed by atoms with E-state index in [2.05, 4.69) is 240 Å². The van der Waals surface area contributed by atoms with Crippen molar-refractivity contribution in [1.82, 2.24) is 4.57 Å². The second kappa shape index (κ2) is 15.3. The minimum Gasteiger partial charge on any atom is -0.456 e. The van der Waals surface area contributed by atoms with Gasteiger partial charge in [0.1, 0.15) is 11.2 Å². The monoisotopic (exact) mass is 804 g/mol. The zero-order valence-electron chi connectivity index (χ0n) is 34.4. The van der Waals surface area contributed by atoms with Crippen molar-refractivity contribution in [2.45, 2.75) is 0 Å². The van der Waals surface area contributed by atoms with Gasteiger partial charge in [-0.1, -0.05) is 164 Å². The average Bonchev–Trinajstić information content (AvgIpc) is 3.91. The summed E-state index contributed by atoms with van der Waals surface area (Å²) in [6.45, 7) is 0. The fourth-order valence-electron chi connectivity index (χ4n) is 9.42. The Bertz CT molecular complexity index is 3560. The van der Waals surface area contributed by atoms with Crippen molar-refractivity contribution < 1.29 is 4.42 Å². The number of aromatic nitrogens is 1. The molecule has 0 aliphatic heterocycles. The molecule has 3 nitrogen and oxygen atoms in total. The quantitative estimate of drug-likeness (QED) is 0.153. The van der Waals surface area contributed by atoms with Gasteiger partial charge in [0.25, 0.3) is 0 Å². The largest absolute Gasteiger partial charge is 0.456 e. The number of hydrogen-bond acceptors (Lipinski definition) is 2. The van der Waals surface area contributed by atoms with Crippen molar-refractivity contribution in [3.05, 3.63) is 243 Å². The van der Waals surface area contributed by atoms with Crippen molar-refractivity contribution in [3.8, 4) is 50.2 Å². The number of nitrogens with zero attached hydrogens (tertiary/aromatic N) is 2. The number of rotatable bonds is 8. The van der Waals surface area contributed by atoms with E-state index in [1.807, 2.05) is 12.1 Å². The van der Waals surface area contributed by atoms with Crippen LogP contribution in [0.15, 0.2) is 247 Å². The van der Waals surface area contributed by atoms with Crippen LogP contribution in [0.2, 0.25) is 0 Å². The van der Waals surface area contributed by atoms with Gasteiger partial charge in [-0.3, -0.25) is 0 Å². The number of furan rings is 1. The summed E-state index contributed by atoms with van der Waals surface area (Å²) in [7, 11) is 0. The molecule has 0 atom stereocenters. The zero-order valence-corrected chi connectivity index (χ0v) is 34.4. The maximum Gasteiger partial charge on any atom is 0.136 e. The van der Waals surface area contributed by atoms with Crippen LogP contribution in [0.25, 0.3) is 93.9 Å². The molecule has 3 heteroatoms.